The molecule has 25 heteroatoms. The number of carbonyl (C=O) groups excluding carboxylic acids is 3. The second kappa shape index (κ2) is 21.8. The van der Waals surface area contributed by atoms with Gasteiger partial charge in [0.1, 0.15) is 23.1 Å². The lowest BCUT2D eigenvalue weighted by Crippen LogP contribution is -2.56. The number of hydrogen-bond donors (Lipinski definition) is 4. The quantitative estimate of drug-likeness (QED) is 0.135. The van der Waals surface area contributed by atoms with Crippen molar-refractivity contribution >= 4 is 24.0 Å². The highest BCUT2D eigenvalue weighted by Gasteiger charge is 2.45. The number of benzene rings is 2. The van der Waals surface area contributed by atoms with Crippen LogP contribution in [0.1, 0.15) is 49.7 Å². The van der Waals surface area contributed by atoms with Crippen LogP contribution < -0.4 is 29.7 Å². The molecule has 4 fully saturated rings. The Hall–Kier alpha value is -5.85. The minimum atomic E-state index is -4.93. The van der Waals surface area contributed by atoms with Gasteiger partial charge in [0.15, 0.2) is 0 Å². The summed E-state index contributed by atoms with van der Waals surface area (Å²) < 4.78 is 125. The molecular weight excluding hydrogens is 914 g/mol. The Labute approximate surface area is 378 Å². The molecule has 67 heavy (non-hydrogen) atoms. The zero-order valence-electron chi connectivity index (χ0n) is 36.3. The molecule has 1 aromatic heterocycles. The lowest BCUT2D eigenvalue weighted by Gasteiger charge is -2.41. The van der Waals surface area contributed by atoms with Crippen LogP contribution in [0.4, 0.5) is 50.7 Å². The van der Waals surface area contributed by atoms with Crippen molar-refractivity contribution in [2.75, 3.05) is 58.5 Å². The van der Waals surface area contributed by atoms with Crippen LogP contribution in [0.3, 0.4) is 0 Å². The Kier molecular flexibility index (Phi) is 16.5. The number of aromatic nitrogens is 2. The van der Waals surface area contributed by atoms with Gasteiger partial charge in [-0.05, 0) is 62.5 Å². The number of hydrogen-bond acceptors (Lipinski definition) is 13. The predicted octanol–water partition coefficient (Wildman–Crippen LogP) is 5.74. The van der Waals surface area contributed by atoms with Gasteiger partial charge in [0.25, 0.3) is 0 Å². The van der Waals surface area contributed by atoms with E-state index in [0.29, 0.717) is 51.2 Å². The van der Waals surface area contributed by atoms with E-state index in [-0.39, 0.29) is 91.2 Å². The van der Waals surface area contributed by atoms with Crippen LogP contribution in [0.2, 0.25) is 0 Å². The fourth-order valence-corrected chi connectivity index (χ4v) is 8.54. The minimum absolute atomic E-state index is 0.00635. The van der Waals surface area contributed by atoms with E-state index in [4.69, 9.17) is 13.9 Å². The summed E-state index contributed by atoms with van der Waals surface area (Å²) in [6, 6.07) is 4.94. The average Bonchev–Trinajstić information content (AvgIpc) is 4.23. The standard InChI is InChI=1S/C21H25F4N5O5.C21H26F4N2O5/c1-33-20-28-27-19(34-20)29-9-12(11-31)6-15(10-29)30(14-3-4-14)18(32)26-8-13-2-5-16(7-17(13)22)35-21(23,24)25;1-31-20(30)27-9-12(11-28)6-15(10-27)18(13-2-3-13)19(29)26-8-14-4-5-16(7-17(14)22)32-21(23,24)25/h2,5,7,12,14-15,31H,3-4,6,8-11H2,1H3,(H,26,32);4-5,7,12-13,15,18,28H,2-3,6,8-11H2,1H3,(H,26,29)/t;12-,15-,18?/m.1/s1. The van der Waals surface area contributed by atoms with E-state index in [9.17, 15) is 59.7 Å². The van der Waals surface area contributed by atoms with E-state index >= 15 is 0 Å². The lowest BCUT2D eigenvalue weighted by atomic mass is 9.78. The van der Waals surface area contributed by atoms with E-state index in [2.05, 4.69) is 30.3 Å². The SMILES string of the molecule is COC(=O)N1C[C@H](CO)C[C@@H](C(C(=O)NCc2ccc(OC(F)(F)F)cc2F)C2CC2)C1.COc1nnc(N2CC(CO)CC(N(C(=O)NCc3ccc(OC(F)(F)F)cc3F)C3CC3)C2)o1. The van der Waals surface area contributed by atoms with E-state index in [1.54, 1.807) is 9.80 Å². The molecule has 17 nitrogen and oxygen atoms in total. The maximum Gasteiger partial charge on any atom is 0.573 e. The molecule has 0 spiro atoms. The number of carbonyl (C=O) groups is 3. The Morgan fingerprint density at radius 2 is 1.36 bits per heavy atom. The van der Waals surface area contributed by atoms with Crippen LogP contribution in [0, 0.1) is 41.2 Å². The summed E-state index contributed by atoms with van der Waals surface area (Å²) in [4.78, 5) is 43.1. The van der Waals surface area contributed by atoms with Crippen molar-refractivity contribution in [2.45, 2.75) is 76.4 Å². The van der Waals surface area contributed by atoms with Gasteiger partial charge in [-0.15, -0.1) is 26.3 Å². The number of nitrogens with zero attached hydrogens (tertiary/aromatic N) is 5. The number of aliphatic hydroxyl groups is 2. The van der Waals surface area contributed by atoms with Crippen molar-refractivity contribution in [1.29, 1.82) is 0 Å². The Bertz CT molecular complexity index is 2160. The largest absolute Gasteiger partial charge is 0.573 e. The van der Waals surface area contributed by atoms with Crippen molar-refractivity contribution in [2.24, 2.45) is 29.6 Å². The van der Waals surface area contributed by atoms with Gasteiger partial charge in [-0.25, -0.2) is 18.4 Å². The highest BCUT2D eigenvalue weighted by atomic mass is 19.4. The van der Waals surface area contributed by atoms with E-state index in [0.717, 1.165) is 49.9 Å². The molecule has 3 unspecified atom stereocenters. The number of likely N-dealkylation sites (tertiary alicyclic amines) is 1. The van der Waals surface area contributed by atoms with E-state index < -0.39 is 53.9 Å². The number of ether oxygens (including phenoxy) is 4. The van der Waals surface area contributed by atoms with Gasteiger partial charge in [0.05, 0.1) is 20.3 Å². The molecule has 0 radical (unpaired) electrons. The number of halogens is 8. The van der Waals surface area contributed by atoms with Gasteiger partial charge >= 0.3 is 36.9 Å². The third kappa shape index (κ3) is 14.3. The van der Waals surface area contributed by atoms with Crippen molar-refractivity contribution in [1.82, 2.24) is 30.6 Å². The molecular formula is C42H51F8N7O10. The third-order valence-electron chi connectivity index (χ3n) is 11.8. The first-order chi connectivity index (χ1) is 31.8. The summed E-state index contributed by atoms with van der Waals surface area (Å²) in [7, 11) is 2.66. The molecule has 2 saturated heterocycles. The van der Waals surface area contributed by atoms with Crippen LogP contribution in [0.5, 0.6) is 17.6 Å². The first-order valence-corrected chi connectivity index (χ1v) is 21.4. The first kappa shape index (κ1) is 50.6. The monoisotopic (exact) mass is 965 g/mol. The second-order valence-electron chi connectivity index (χ2n) is 16.8. The molecule has 0 bridgehead atoms. The number of amides is 4. The molecule has 3 heterocycles. The molecule has 5 atom stereocenters. The number of piperidine rings is 2. The molecule has 4 amide bonds. The topological polar surface area (TPSA) is 201 Å². The van der Waals surface area contributed by atoms with Crippen molar-refractivity contribution in [3.8, 4) is 17.6 Å². The highest BCUT2D eigenvalue weighted by molar-refractivity contribution is 5.80. The third-order valence-corrected chi connectivity index (χ3v) is 11.8. The molecule has 3 aromatic rings. The zero-order valence-corrected chi connectivity index (χ0v) is 36.3. The molecule has 2 aliphatic heterocycles. The van der Waals surface area contributed by atoms with E-state index in [1.807, 2.05) is 0 Å². The summed E-state index contributed by atoms with van der Waals surface area (Å²) in [6.45, 7) is 0.847. The van der Waals surface area contributed by atoms with Gasteiger partial charge in [0, 0.05) is 99.5 Å². The molecule has 2 saturated carbocycles. The highest BCUT2D eigenvalue weighted by Crippen LogP contribution is 2.44. The second-order valence-corrected chi connectivity index (χ2v) is 16.8. The predicted molar refractivity (Wildman–Crippen MR) is 216 cm³/mol. The number of alkyl halides is 6. The summed E-state index contributed by atoms with van der Waals surface area (Å²) >= 11 is 0. The van der Waals surface area contributed by atoms with Gasteiger partial charge in [-0.3, -0.25) is 4.79 Å². The maximum absolute atomic E-state index is 14.3. The number of rotatable bonds is 15. The molecule has 370 valence electrons. The van der Waals surface area contributed by atoms with Crippen molar-refractivity contribution < 1.29 is 83.1 Å². The first-order valence-electron chi connectivity index (χ1n) is 21.4. The van der Waals surface area contributed by atoms with Crippen LogP contribution >= 0.6 is 0 Å². The average molecular weight is 966 g/mol. The van der Waals surface area contributed by atoms with Crippen LogP contribution in [0.25, 0.3) is 0 Å². The number of nitrogens with one attached hydrogen (secondary N) is 2. The van der Waals surface area contributed by atoms with Crippen LogP contribution in [0.15, 0.2) is 40.8 Å². The number of methoxy groups -OCH3 is 2. The fourth-order valence-electron chi connectivity index (χ4n) is 8.54. The molecule has 7 rings (SSSR count). The lowest BCUT2D eigenvalue weighted by molar-refractivity contribution is -0.275. The van der Waals surface area contributed by atoms with Gasteiger partial charge in [-0.2, -0.15) is 0 Å². The fraction of sp³-hybridized carbons (Fsp3) is 0.595. The van der Waals surface area contributed by atoms with Crippen LogP contribution in [-0.4, -0.2) is 127 Å². The minimum Gasteiger partial charge on any atom is -0.453 e. The molecule has 4 aliphatic rings. The Balaban J connectivity index is 0.000000222. The Morgan fingerprint density at radius 1 is 0.776 bits per heavy atom. The Morgan fingerprint density at radius 3 is 1.85 bits per heavy atom. The number of urea groups is 1. The normalized spacial score (nSPS) is 21.3. The van der Waals surface area contributed by atoms with Crippen molar-refractivity contribution in [3.63, 3.8) is 0 Å². The smallest absolute Gasteiger partial charge is 0.453 e. The zero-order chi connectivity index (χ0) is 48.6. The van der Waals surface area contributed by atoms with Crippen molar-refractivity contribution in [3.05, 3.63) is 59.2 Å². The number of aliphatic hydroxyl groups excluding tert-OH is 2. The van der Waals surface area contributed by atoms with E-state index in [1.165, 1.54) is 19.1 Å². The number of anilines is 1. The van der Waals surface area contributed by atoms with Gasteiger partial charge < -0.3 is 58.9 Å². The van der Waals surface area contributed by atoms with Crippen LogP contribution in [-0.2, 0) is 22.6 Å². The summed E-state index contributed by atoms with van der Waals surface area (Å²) in [5.74, 6) is -4.35. The van der Waals surface area contributed by atoms with Gasteiger partial charge in [-0.1, -0.05) is 22.3 Å². The molecule has 2 aromatic carbocycles. The summed E-state index contributed by atoms with van der Waals surface area (Å²) in [5, 5.41) is 32.5. The summed E-state index contributed by atoms with van der Waals surface area (Å²) in [5.41, 5.74) is 0.0376. The molecule has 4 N–H and O–H groups in total. The summed E-state index contributed by atoms with van der Waals surface area (Å²) in [6.07, 6.45) is -5.96. The maximum atomic E-state index is 14.3. The molecule has 2 aliphatic carbocycles. The van der Waals surface area contributed by atoms with Gasteiger partial charge in [0.2, 0.25) is 5.91 Å².